The highest BCUT2D eigenvalue weighted by Crippen LogP contribution is 2.35. The van der Waals surface area contributed by atoms with Gasteiger partial charge in [-0.15, -0.1) is 0 Å². The number of hydrogen-bond donors (Lipinski definition) is 1. The molecule has 0 saturated carbocycles. The first kappa shape index (κ1) is 17.3. The van der Waals surface area contributed by atoms with Gasteiger partial charge in [-0.25, -0.2) is 9.78 Å². The van der Waals surface area contributed by atoms with Gasteiger partial charge >= 0.3 is 6.03 Å². The monoisotopic (exact) mass is 344 g/mol. The summed E-state index contributed by atoms with van der Waals surface area (Å²) in [5.41, 5.74) is -0.330. The van der Waals surface area contributed by atoms with Crippen molar-refractivity contribution in [3.05, 3.63) is 46.4 Å². The largest absolute Gasteiger partial charge is 0.464 e. The van der Waals surface area contributed by atoms with E-state index in [0.29, 0.717) is 12.5 Å². The molecule has 2 atom stereocenters. The van der Waals surface area contributed by atoms with Gasteiger partial charge in [0.05, 0.1) is 6.04 Å². The molecule has 2 aromatic heterocycles. The zero-order valence-corrected chi connectivity index (χ0v) is 14.9. The van der Waals surface area contributed by atoms with Crippen molar-refractivity contribution in [1.82, 2.24) is 14.5 Å². The van der Waals surface area contributed by atoms with E-state index in [9.17, 15) is 9.59 Å². The van der Waals surface area contributed by atoms with Crippen LogP contribution in [0.15, 0.2) is 33.7 Å². The molecule has 0 aliphatic carbocycles. The number of carbonyl (C=O) groups is 1. The normalized spacial score (nSPS) is 20.5. The molecule has 1 N–H and O–H groups in total. The van der Waals surface area contributed by atoms with Gasteiger partial charge in [0.2, 0.25) is 5.82 Å². The summed E-state index contributed by atoms with van der Waals surface area (Å²) in [6, 6.07) is 3.46. The number of aryl methyl sites for hydroxylation is 2. The molecular formula is C18H24N4O3. The number of rotatable bonds is 3. The van der Waals surface area contributed by atoms with Crippen LogP contribution in [0, 0.1) is 5.92 Å². The van der Waals surface area contributed by atoms with Crippen molar-refractivity contribution in [3.8, 4) is 0 Å². The van der Waals surface area contributed by atoms with Gasteiger partial charge in [-0.05, 0) is 30.9 Å². The standard InChI is InChI=1S/C18H24N4O3/c1-4-13-5-6-15(25-13)14-11-12(2)7-9-22(14)18(24)20-16-17(23)21(3)10-8-19-16/h5-6,8,10,12,14H,4,7,9,11H2,1-3H3,(H,19,20,24)/t12-,14-/m0/s1. The Hall–Kier alpha value is -2.57. The Morgan fingerprint density at radius 2 is 2.24 bits per heavy atom. The van der Waals surface area contributed by atoms with E-state index in [2.05, 4.69) is 17.2 Å². The number of piperidine rings is 1. The smallest absolute Gasteiger partial charge is 0.323 e. The van der Waals surface area contributed by atoms with Crippen molar-refractivity contribution in [2.75, 3.05) is 11.9 Å². The number of hydrogen-bond acceptors (Lipinski definition) is 4. The van der Waals surface area contributed by atoms with Crippen LogP contribution in [-0.4, -0.2) is 27.0 Å². The number of carbonyl (C=O) groups excluding carboxylic acids is 1. The van der Waals surface area contributed by atoms with Crippen molar-refractivity contribution in [2.45, 2.75) is 39.2 Å². The summed E-state index contributed by atoms with van der Waals surface area (Å²) in [4.78, 5) is 30.6. The van der Waals surface area contributed by atoms with Crippen LogP contribution in [-0.2, 0) is 13.5 Å². The van der Waals surface area contributed by atoms with Crippen molar-refractivity contribution in [3.63, 3.8) is 0 Å². The Kier molecular flexibility index (Phi) is 4.92. The molecule has 2 aromatic rings. The van der Waals surface area contributed by atoms with Gasteiger partial charge in [0.1, 0.15) is 11.5 Å². The topological polar surface area (TPSA) is 80.4 Å². The fraction of sp³-hybridized carbons (Fsp3) is 0.500. The molecule has 0 bridgehead atoms. The van der Waals surface area contributed by atoms with E-state index >= 15 is 0 Å². The van der Waals surface area contributed by atoms with Crippen LogP contribution in [0.4, 0.5) is 10.6 Å². The third kappa shape index (κ3) is 3.60. The molecule has 3 heterocycles. The van der Waals surface area contributed by atoms with Gasteiger partial charge < -0.3 is 13.9 Å². The molecule has 0 radical (unpaired) electrons. The van der Waals surface area contributed by atoms with E-state index in [4.69, 9.17) is 4.42 Å². The van der Waals surface area contributed by atoms with Crippen LogP contribution in [0.25, 0.3) is 0 Å². The molecule has 25 heavy (non-hydrogen) atoms. The van der Waals surface area contributed by atoms with Crippen molar-refractivity contribution >= 4 is 11.8 Å². The summed E-state index contributed by atoms with van der Waals surface area (Å²) in [5.74, 6) is 2.26. The fourth-order valence-electron chi connectivity index (χ4n) is 3.17. The third-order valence-electron chi connectivity index (χ3n) is 4.73. The molecule has 1 aliphatic heterocycles. The van der Waals surface area contributed by atoms with Crippen molar-refractivity contribution in [2.24, 2.45) is 13.0 Å². The zero-order valence-electron chi connectivity index (χ0n) is 14.9. The minimum absolute atomic E-state index is 0.0427. The van der Waals surface area contributed by atoms with Crippen LogP contribution >= 0.6 is 0 Å². The van der Waals surface area contributed by atoms with E-state index in [1.165, 1.54) is 10.8 Å². The molecular weight excluding hydrogens is 320 g/mol. The summed E-state index contributed by atoms with van der Waals surface area (Å²) >= 11 is 0. The van der Waals surface area contributed by atoms with Gasteiger partial charge in [-0.2, -0.15) is 0 Å². The minimum Gasteiger partial charge on any atom is -0.464 e. The van der Waals surface area contributed by atoms with Gasteiger partial charge in [0.15, 0.2) is 0 Å². The predicted molar refractivity (Wildman–Crippen MR) is 94.4 cm³/mol. The SMILES string of the molecule is CCc1ccc([C@@H]2C[C@@H](C)CCN2C(=O)Nc2nccn(C)c2=O)o1. The number of nitrogens with one attached hydrogen (secondary N) is 1. The van der Waals surface area contributed by atoms with Crippen LogP contribution in [0.2, 0.25) is 0 Å². The van der Waals surface area contributed by atoms with Crippen molar-refractivity contribution in [1.29, 1.82) is 0 Å². The molecule has 1 fully saturated rings. The lowest BCUT2D eigenvalue weighted by Gasteiger charge is -2.37. The van der Waals surface area contributed by atoms with Crippen LogP contribution < -0.4 is 10.9 Å². The Bertz CT molecular complexity index is 811. The molecule has 7 nitrogen and oxygen atoms in total. The van der Waals surface area contributed by atoms with Crippen LogP contribution in [0.5, 0.6) is 0 Å². The van der Waals surface area contributed by atoms with E-state index < -0.39 is 0 Å². The Morgan fingerprint density at radius 1 is 1.44 bits per heavy atom. The van der Waals surface area contributed by atoms with E-state index in [0.717, 1.165) is 30.8 Å². The van der Waals surface area contributed by atoms with E-state index in [1.807, 2.05) is 19.1 Å². The molecule has 1 saturated heterocycles. The first-order chi connectivity index (χ1) is 12.0. The molecule has 7 heteroatoms. The second kappa shape index (κ2) is 7.13. The molecule has 134 valence electrons. The highest BCUT2D eigenvalue weighted by atomic mass is 16.3. The maximum Gasteiger partial charge on any atom is 0.323 e. The minimum atomic E-state index is -0.330. The average molecular weight is 344 g/mol. The number of amides is 2. The Morgan fingerprint density at radius 3 is 2.96 bits per heavy atom. The molecule has 0 aromatic carbocycles. The average Bonchev–Trinajstić information content (AvgIpc) is 3.08. The molecule has 3 rings (SSSR count). The van der Waals surface area contributed by atoms with E-state index in [1.54, 1.807) is 18.1 Å². The molecule has 2 amide bonds. The number of urea groups is 1. The molecule has 0 spiro atoms. The Labute approximate surface area is 146 Å². The number of aromatic nitrogens is 2. The Balaban J connectivity index is 1.83. The lowest BCUT2D eigenvalue weighted by Crippen LogP contribution is -2.43. The quantitative estimate of drug-likeness (QED) is 0.928. The summed E-state index contributed by atoms with van der Waals surface area (Å²) in [6.45, 7) is 4.83. The third-order valence-corrected chi connectivity index (χ3v) is 4.73. The van der Waals surface area contributed by atoms with E-state index in [-0.39, 0.29) is 23.5 Å². The molecule has 1 aliphatic rings. The summed E-state index contributed by atoms with van der Waals surface area (Å²) in [7, 11) is 1.63. The summed E-state index contributed by atoms with van der Waals surface area (Å²) < 4.78 is 7.28. The molecule has 0 unspecified atom stereocenters. The maximum atomic E-state index is 12.8. The number of furan rings is 1. The first-order valence-electron chi connectivity index (χ1n) is 8.67. The maximum absolute atomic E-state index is 12.8. The highest BCUT2D eigenvalue weighted by molar-refractivity contribution is 5.88. The van der Waals surface area contributed by atoms with Gasteiger partial charge in [0.25, 0.3) is 5.56 Å². The van der Waals surface area contributed by atoms with Crippen LogP contribution in [0.3, 0.4) is 0 Å². The second-order valence-electron chi connectivity index (χ2n) is 6.62. The predicted octanol–water partition coefficient (Wildman–Crippen LogP) is 2.94. The number of likely N-dealkylation sites (tertiary alicyclic amines) is 1. The summed E-state index contributed by atoms with van der Waals surface area (Å²) in [5, 5.41) is 2.66. The lowest BCUT2D eigenvalue weighted by molar-refractivity contribution is 0.128. The second-order valence-corrected chi connectivity index (χ2v) is 6.62. The number of anilines is 1. The zero-order chi connectivity index (χ0) is 18.0. The van der Waals surface area contributed by atoms with Crippen molar-refractivity contribution < 1.29 is 9.21 Å². The summed E-state index contributed by atoms with van der Waals surface area (Å²) in [6.07, 6.45) is 5.62. The number of nitrogens with zero attached hydrogens (tertiary/aromatic N) is 3. The highest BCUT2D eigenvalue weighted by Gasteiger charge is 2.33. The first-order valence-corrected chi connectivity index (χ1v) is 8.67. The fourth-order valence-corrected chi connectivity index (χ4v) is 3.17. The van der Waals surface area contributed by atoms with Crippen LogP contribution in [0.1, 0.15) is 44.3 Å². The van der Waals surface area contributed by atoms with Gasteiger partial charge in [0, 0.05) is 32.4 Å². The van der Waals surface area contributed by atoms with Gasteiger partial charge in [-0.1, -0.05) is 13.8 Å². The van der Waals surface area contributed by atoms with Gasteiger partial charge in [-0.3, -0.25) is 10.1 Å². The lowest BCUT2D eigenvalue weighted by atomic mass is 9.91.